The molecule has 0 radical (unpaired) electrons. The van der Waals surface area contributed by atoms with Crippen molar-refractivity contribution in [1.82, 2.24) is 0 Å². The minimum atomic E-state index is -6.90. The lowest BCUT2D eigenvalue weighted by molar-refractivity contribution is -0.332. The molecule has 0 aliphatic carbocycles. The lowest BCUT2D eigenvalue weighted by atomic mass is 10.3. The van der Waals surface area contributed by atoms with Crippen LogP contribution in [0.5, 0.6) is 0 Å². The van der Waals surface area contributed by atoms with Gasteiger partial charge in [0.1, 0.15) is 0 Å². The van der Waals surface area contributed by atoms with Gasteiger partial charge in [-0.25, -0.2) is 8.42 Å². The van der Waals surface area contributed by atoms with Crippen molar-refractivity contribution in [2.45, 2.75) is 20.5 Å². The van der Waals surface area contributed by atoms with Crippen LogP contribution < -0.4 is 0 Å². The molecule has 0 spiro atoms. The van der Waals surface area contributed by atoms with Gasteiger partial charge < -0.3 is 0 Å². The molecule has 0 amide bonds. The second kappa shape index (κ2) is 4.17. The van der Waals surface area contributed by atoms with Crippen LogP contribution in [0.3, 0.4) is 0 Å². The standard InChI is InChI=1S/C4Cl3F7O2S/c5-4(6,7)17(15,16)3(13,14)1(8,9)2(10,11)12. The van der Waals surface area contributed by atoms with E-state index in [1.54, 1.807) is 0 Å². The van der Waals surface area contributed by atoms with Crippen LogP contribution in [-0.4, -0.2) is 28.9 Å². The highest BCUT2D eigenvalue weighted by atomic mass is 35.6. The average molecular weight is 351 g/mol. The predicted octanol–water partition coefficient (Wildman–Crippen LogP) is 3.52. The molecule has 0 unspecified atom stereocenters. The Morgan fingerprint density at radius 3 is 1.24 bits per heavy atom. The third kappa shape index (κ3) is 2.54. The van der Waals surface area contributed by atoms with Crippen LogP contribution in [0.15, 0.2) is 0 Å². The second-order valence-electron chi connectivity index (χ2n) is 2.54. The summed E-state index contributed by atoms with van der Waals surface area (Å²) in [7, 11) is -6.72. The average Bonchev–Trinajstić information content (AvgIpc) is 1.98. The Bertz CT molecular complexity index is 394. The van der Waals surface area contributed by atoms with E-state index in [1.807, 2.05) is 0 Å². The van der Waals surface area contributed by atoms with Gasteiger partial charge in [0.05, 0.1) is 0 Å². The summed E-state index contributed by atoms with van der Waals surface area (Å²) in [4.78, 5) is 0. The summed E-state index contributed by atoms with van der Waals surface area (Å²) in [6.45, 7) is 0. The zero-order valence-electron chi connectivity index (χ0n) is 7.00. The quantitative estimate of drug-likeness (QED) is 0.563. The Kier molecular flexibility index (Phi) is 4.25. The van der Waals surface area contributed by atoms with E-state index in [0.717, 1.165) is 0 Å². The van der Waals surface area contributed by atoms with Crippen LogP contribution in [-0.2, 0) is 9.84 Å². The first kappa shape index (κ1) is 17.3. The van der Waals surface area contributed by atoms with Gasteiger partial charge in [-0.3, -0.25) is 0 Å². The molecule has 0 fully saturated rings. The first-order valence-electron chi connectivity index (χ1n) is 3.13. The number of rotatable bonds is 2. The monoisotopic (exact) mass is 350 g/mol. The van der Waals surface area contributed by atoms with Gasteiger partial charge in [0.2, 0.25) is 0 Å². The van der Waals surface area contributed by atoms with E-state index in [1.165, 1.54) is 0 Å². The first-order valence-corrected chi connectivity index (χ1v) is 5.75. The topological polar surface area (TPSA) is 34.1 Å². The highest BCUT2D eigenvalue weighted by Gasteiger charge is 2.81. The molecule has 0 heterocycles. The number of sulfone groups is 1. The summed E-state index contributed by atoms with van der Waals surface area (Å²) in [5.74, 6) is -6.90. The predicted molar refractivity (Wildman–Crippen MR) is 45.2 cm³/mol. The molecule has 13 heteroatoms. The van der Waals surface area contributed by atoms with Gasteiger partial charge in [-0.2, -0.15) is 30.7 Å². The fourth-order valence-electron chi connectivity index (χ4n) is 0.479. The van der Waals surface area contributed by atoms with Gasteiger partial charge in [-0.05, 0) is 0 Å². The van der Waals surface area contributed by atoms with Crippen LogP contribution in [0.1, 0.15) is 0 Å². The number of hydrogen-bond acceptors (Lipinski definition) is 2. The van der Waals surface area contributed by atoms with E-state index in [4.69, 9.17) is 0 Å². The molecule has 0 aliphatic rings. The molecule has 0 aromatic heterocycles. The maximum Gasteiger partial charge on any atom is 0.461 e. The molecular weight excluding hydrogens is 351 g/mol. The fraction of sp³-hybridized carbons (Fsp3) is 1.00. The third-order valence-electron chi connectivity index (χ3n) is 1.36. The Balaban J connectivity index is 5.93. The molecule has 0 aliphatic heterocycles. The van der Waals surface area contributed by atoms with Gasteiger partial charge in [0, 0.05) is 0 Å². The van der Waals surface area contributed by atoms with Crippen molar-refractivity contribution in [2.24, 2.45) is 0 Å². The largest absolute Gasteiger partial charge is 0.461 e. The molecule has 0 saturated heterocycles. The molecule has 2 nitrogen and oxygen atoms in total. The van der Waals surface area contributed by atoms with E-state index in [9.17, 15) is 39.2 Å². The highest BCUT2D eigenvalue weighted by molar-refractivity contribution is 7.98. The van der Waals surface area contributed by atoms with Crippen molar-refractivity contribution in [1.29, 1.82) is 0 Å². The molecular formula is C4Cl3F7O2S. The fourth-order valence-corrected chi connectivity index (χ4v) is 2.10. The molecule has 0 N–H and O–H groups in total. The summed E-state index contributed by atoms with van der Waals surface area (Å²) in [5.41, 5.74) is 0. The molecule has 0 aromatic rings. The van der Waals surface area contributed by atoms with E-state index in [2.05, 4.69) is 34.8 Å². The number of hydrogen-bond donors (Lipinski definition) is 0. The van der Waals surface area contributed by atoms with E-state index < -0.39 is 30.3 Å². The van der Waals surface area contributed by atoms with Crippen LogP contribution in [0.4, 0.5) is 30.7 Å². The maximum absolute atomic E-state index is 12.7. The summed E-state index contributed by atoms with van der Waals surface area (Å²) < 4.78 is 102. The van der Waals surface area contributed by atoms with Crippen molar-refractivity contribution < 1.29 is 39.2 Å². The third-order valence-corrected chi connectivity index (χ3v) is 4.73. The van der Waals surface area contributed by atoms with Gasteiger partial charge in [0.15, 0.2) is 0 Å². The Morgan fingerprint density at radius 1 is 0.765 bits per heavy atom. The molecule has 0 bridgehead atoms. The van der Waals surface area contributed by atoms with Crippen LogP contribution >= 0.6 is 34.8 Å². The van der Waals surface area contributed by atoms with Gasteiger partial charge in [-0.15, -0.1) is 0 Å². The van der Waals surface area contributed by atoms with Crippen molar-refractivity contribution in [3.63, 3.8) is 0 Å². The molecule has 17 heavy (non-hydrogen) atoms. The summed E-state index contributed by atoms with van der Waals surface area (Å²) in [6, 6.07) is 0. The molecule has 104 valence electrons. The maximum atomic E-state index is 12.7. The van der Waals surface area contributed by atoms with Gasteiger partial charge >= 0.3 is 17.4 Å². The smallest absolute Gasteiger partial charge is 0.218 e. The molecule has 0 saturated carbocycles. The number of halogens is 10. The van der Waals surface area contributed by atoms with Crippen LogP contribution in [0.2, 0.25) is 0 Å². The van der Waals surface area contributed by atoms with Crippen LogP contribution in [0.25, 0.3) is 0 Å². The summed E-state index contributed by atoms with van der Waals surface area (Å²) in [6.07, 6.45) is -6.83. The minimum absolute atomic E-state index is 4.04. The second-order valence-corrected chi connectivity index (χ2v) is 7.62. The van der Waals surface area contributed by atoms with Crippen molar-refractivity contribution in [2.75, 3.05) is 0 Å². The van der Waals surface area contributed by atoms with Gasteiger partial charge in [0.25, 0.3) is 13.0 Å². The van der Waals surface area contributed by atoms with Crippen molar-refractivity contribution >= 4 is 44.6 Å². The first-order chi connectivity index (χ1) is 7.00. The molecule has 0 atom stereocenters. The Labute approximate surface area is 105 Å². The van der Waals surface area contributed by atoms with Crippen molar-refractivity contribution in [3.05, 3.63) is 0 Å². The zero-order chi connectivity index (χ0) is 14.5. The van der Waals surface area contributed by atoms with E-state index in [-0.39, 0.29) is 0 Å². The minimum Gasteiger partial charge on any atom is -0.218 e. The van der Waals surface area contributed by atoms with Gasteiger partial charge in [-0.1, -0.05) is 34.8 Å². The van der Waals surface area contributed by atoms with Crippen LogP contribution in [0, 0.1) is 0 Å². The highest BCUT2D eigenvalue weighted by Crippen LogP contribution is 2.54. The zero-order valence-corrected chi connectivity index (χ0v) is 10.1. The summed E-state index contributed by atoms with van der Waals surface area (Å²) in [5, 5.41) is -6.62. The SMILES string of the molecule is O=S(=O)(C(Cl)(Cl)Cl)C(F)(F)C(F)(F)C(F)(F)F. The molecule has 0 rings (SSSR count). The normalized spacial score (nSPS) is 16.1. The summed E-state index contributed by atoms with van der Waals surface area (Å²) >= 11 is 13.3. The Hall–Kier alpha value is 0.330. The van der Waals surface area contributed by atoms with E-state index >= 15 is 0 Å². The lowest BCUT2D eigenvalue weighted by Crippen LogP contribution is -2.58. The lowest BCUT2D eigenvalue weighted by Gasteiger charge is -2.29. The molecule has 0 aromatic carbocycles. The number of alkyl halides is 10. The van der Waals surface area contributed by atoms with Crippen molar-refractivity contribution in [3.8, 4) is 0 Å². The van der Waals surface area contributed by atoms with E-state index in [0.29, 0.717) is 0 Å². The Morgan fingerprint density at radius 2 is 1.06 bits per heavy atom.